The Bertz CT molecular complexity index is 916. The van der Waals surface area contributed by atoms with Crippen LogP contribution < -0.4 is 9.47 Å². The van der Waals surface area contributed by atoms with Gasteiger partial charge in [-0.1, -0.05) is 66.7 Å². The molecule has 2 heteroatoms. The molecule has 0 amide bonds. The molecule has 1 aliphatic heterocycles. The van der Waals surface area contributed by atoms with Gasteiger partial charge in [-0.15, -0.1) is 6.58 Å². The summed E-state index contributed by atoms with van der Waals surface area (Å²) in [5.41, 5.74) is 4.91. The molecule has 2 nitrogen and oxygen atoms in total. The van der Waals surface area contributed by atoms with Gasteiger partial charge in [-0.25, -0.2) is 0 Å². The van der Waals surface area contributed by atoms with Crippen molar-refractivity contribution in [2.75, 3.05) is 0 Å². The van der Waals surface area contributed by atoms with Gasteiger partial charge in [-0.05, 0) is 42.5 Å². The minimum Gasteiger partial charge on any atom is -0.490 e. The highest BCUT2D eigenvalue weighted by molar-refractivity contribution is 5.49. The zero-order valence-electron chi connectivity index (χ0n) is 16.1. The van der Waals surface area contributed by atoms with Crippen LogP contribution in [0.4, 0.5) is 0 Å². The van der Waals surface area contributed by atoms with E-state index in [1.807, 2.05) is 24.3 Å². The predicted molar refractivity (Wildman–Crippen MR) is 114 cm³/mol. The Labute approximate surface area is 167 Å². The predicted octanol–water partition coefficient (Wildman–Crippen LogP) is 5.93. The summed E-state index contributed by atoms with van der Waals surface area (Å²) >= 11 is 0. The maximum absolute atomic E-state index is 6.24. The van der Waals surface area contributed by atoms with E-state index in [0.29, 0.717) is 6.61 Å². The zero-order chi connectivity index (χ0) is 19.2. The van der Waals surface area contributed by atoms with E-state index in [2.05, 4.69) is 61.2 Å². The van der Waals surface area contributed by atoms with Crippen molar-refractivity contribution in [3.05, 3.63) is 108 Å². The van der Waals surface area contributed by atoms with Gasteiger partial charge in [0.1, 0.15) is 24.2 Å². The van der Waals surface area contributed by atoms with Gasteiger partial charge in [0.15, 0.2) is 0 Å². The number of benzene rings is 3. The van der Waals surface area contributed by atoms with E-state index in [1.54, 1.807) is 0 Å². The molecule has 1 heterocycles. The average Bonchev–Trinajstić information content (AvgIpc) is 3.14. The van der Waals surface area contributed by atoms with E-state index in [9.17, 15) is 0 Å². The topological polar surface area (TPSA) is 18.5 Å². The first kappa shape index (κ1) is 18.4. The molecule has 0 spiro atoms. The molecule has 0 bridgehead atoms. The lowest BCUT2D eigenvalue weighted by molar-refractivity contribution is 0.221. The van der Waals surface area contributed by atoms with Crippen molar-refractivity contribution in [3.8, 4) is 11.5 Å². The molecule has 1 atom stereocenters. The van der Waals surface area contributed by atoms with Gasteiger partial charge < -0.3 is 9.47 Å². The van der Waals surface area contributed by atoms with Gasteiger partial charge in [-0.2, -0.15) is 0 Å². The number of rotatable bonds is 8. The zero-order valence-corrected chi connectivity index (χ0v) is 16.1. The fourth-order valence-electron chi connectivity index (χ4n) is 3.70. The Kier molecular flexibility index (Phi) is 5.77. The van der Waals surface area contributed by atoms with Crippen LogP contribution in [0.25, 0.3) is 0 Å². The number of aryl methyl sites for hydroxylation is 1. The highest BCUT2D eigenvalue weighted by Gasteiger charge is 2.24. The molecule has 4 rings (SSSR count). The van der Waals surface area contributed by atoms with Gasteiger partial charge >= 0.3 is 0 Å². The molecule has 28 heavy (non-hydrogen) atoms. The third-order valence-electron chi connectivity index (χ3n) is 5.18. The standard InChI is InChI=1S/C26H26O2/c1-2-9-22-17-26-23(18-25(22)27-19-21-12-7-4-8-13-21)16-24(28-26)15-14-20-10-5-3-6-11-20/h2-8,10-13,17-18,24H,1,9,14-16,19H2. The summed E-state index contributed by atoms with van der Waals surface area (Å²) < 4.78 is 12.4. The van der Waals surface area contributed by atoms with Crippen LogP contribution in [-0.4, -0.2) is 6.10 Å². The summed E-state index contributed by atoms with van der Waals surface area (Å²) in [4.78, 5) is 0. The first-order valence-corrected chi connectivity index (χ1v) is 9.96. The minimum atomic E-state index is 0.233. The molecule has 0 fully saturated rings. The molecule has 0 aliphatic carbocycles. The van der Waals surface area contributed by atoms with Crippen molar-refractivity contribution < 1.29 is 9.47 Å². The van der Waals surface area contributed by atoms with E-state index in [-0.39, 0.29) is 6.10 Å². The summed E-state index contributed by atoms with van der Waals surface area (Å²) in [6, 6.07) is 25.2. The van der Waals surface area contributed by atoms with Gasteiger partial charge in [0.05, 0.1) is 0 Å². The van der Waals surface area contributed by atoms with Crippen molar-refractivity contribution >= 4 is 0 Å². The second-order valence-corrected chi connectivity index (χ2v) is 7.30. The van der Waals surface area contributed by atoms with Gasteiger partial charge in [-0.3, -0.25) is 0 Å². The first-order valence-electron chi connectivity index (χ1n) is 9.96. The van der Waals surface area contributed by atoms with Crippen LogP contribution in [0.15, 0.2) is 85.5 Å². The van der Waals surface area contributed by atoms with Crippen LogP contribution in [0.2, 0.25) is 0 Å². The molecule has 3 aromatic rings. The Balaban J connectivity index is 1.45. The molecular weight excluding hydrogens is 344 g/mol. The molecule has 0 radical (unpaired) electrons. The van der Waals surface area contributed by atoms with Crippen LogP contribution in [0.5, 0.6) is 11.5 Å². The van der Waals surface area contributed by atoms with E-state index < -0.39 is 0 Å². The Morgan fingerprint density at radius 3 is 2.39 bits per heavy atom. The van der Waals surface area contributed by atoms with E-state index in [1.165, 1.54) is 16.7 Å². The second-order valence-electron chi connectivity index (χ2n) is 7.30. The monoisotopic (exact) mass is 370 g/mol. The Morgan fingerprint density at radius 2 is 1.68 bits per heavy atom. The van der Waals surface area contributed by atoms with Crippen LogP contribution in [-0.2, 0) is 25.9 Å². The minimum absolute atomic E-state index is 0.233. The highest BCUT2D eigenvalue weighted by atomic mass is 16.5. The number of hydrogen-bond acceptors (Lipinski definition) is 2. The first-order chi connectivity index (χ1) is 13.8. The van der Waals surface area contributed by atoms with Crippen molar-refractivity contribution in [3.63, 3.8) is 0 Å². The molecule has 0 saturated heterocycles. The summed E-state index contributed by atoms with van der Waals surface area (Å²) in [5.74, 6) is 1.94. The number of ether oxygens (including phenoxy) is 2. The van der Waals surface area contributed by atoms with E-state index in [0.717, 1.165) is 42.7 Å². The molecule has 0 aromatic heterocycles. The number of allylic oxidation sites excluding steroid dienone is 1. The lowest BCUT2D eigenvalue weighted by Crippen LogP contribution is -2.13. The Hall–Kier alpha value is -3.00. The normalized spacial score (nSPS) is 14.9. The molecule has 1 unspecified atom stereocenters. The maximum atomic E-state index is 6.24. The fourth-order valence-corrected chi connectivity index (χ4v) is 3.70. The molecule has 0 saturated carbocycles. The van der Waals surface area contributed by atoms with Crippen molar-refractivity contribution in [2.45, 2.75) is 38.4 Å². The number of fused-ring (bicyclic) bond motifs is 1. The summed E-state index contributed by atoms with van der Waals surface area (Å²) in [6.07, 6.45) is 5.93. The summed E-state index contributed by atoms with van der Waals surface area (Å²) in [5, 5.41) is 0. The van der Waals surface area contributed by atoms with E-state index in [4.69, 9.17) is 9.47 Å². The van der Waals surface area contributed by atoms with Gasteiger partial charge in [0.25, 0.3) is 0 Å². The van der Waals surface area contributed by atoms with Crippen molar-refractivity contribution in [2.24, 2.45) is 0 Å². The maximum Gasteiger partial charge on any atom is 0.123 e. The fraction of sp³-hybridized carbons (Fsp3) is 0.231. The SMILES string of the molecule is C=CCc1cc2c(cc1OCc1ccccc1)CC(CCc1ccccc1)O2. The quantitative estimate of drug-likeness (QED) is 0.458. The van der Waals surface area contributed by atoms with Crippen LogP contribution >= 0.6 is 0 Å². The molecular formula is C26H26O2. The molecule has 3 aromatic carbocycles. The third-order valence-corrected chi connectivity index (χ3v) is 5.18. The van der Waals surface area contributed by atoms with Crippen LogP contribution in [0.1, 0.15) is 28.7 Å². The Morgan fingerprint density at radius 1 is 0.964 bits per heavy atom. The molecule has 1 aliphatic rings. The van der Waals surface area contributed by atoms with Crippen molar-refractivity contribution in [1.82, 2.24) is 0 Å². The largest absolute Gasteiger partial charge is 0.490 e. The van der Waals surface area contributed by atoms with Gasteiger partial charge in [0.2, 0.25) is 0 Å². The average molecular weight is 370 g/mol. The lowest BCUT2D eigenvalue weighted by Gasteiger charge is -2.13. The lowest BCUT2D eigenvalue weighted by atomic mass is 10.0. The second kappa shape index (κ2) is 8.79. The third kappa shape index (κ3) is 4.45. The van der Waals surface area contributed by atoms with Crippen LogP contribution in [0.3, 0.4) is 0 Å². The molecule has 142 valence electrons. The highest BCUT2D eigenvalue weighted by Crippen LogP contribution is 2.37. The number of hydrogen-bond donors (Lipinski definition) is 0. The summed E-state index contributed by atoms with van der Waals surface area (Å²) in [7, 11) is 0. The van der Waals surface area contributed by atoms with Crippen molar-refractivity contribution in [1.29, 1.82) is 0 Å². The van der Waals surface area contributed by atoms with Gasteiger partial charge in [0, 0.05) is 17.5 Å². The summed E-state index contributed by atoms with van der Waals surface area (Å²) in [6.45, 7) is 4.46. The van der Waals surface area contributed by atoms with E-state index >= 15 is 0 Å². The smallest absolute Gasteiger partial charge is 0.123 e. The molecule has 0 N–H and O–H groups in total. The van der Waals surface area contributed by atoms with Crippen LogP contribution in [0, 0.1) is 0 Å².